The number of guanidine groups is 1. The van der Waals surface area contributed by atoms with Gasteiger partial charge in [-0.3, -0.25) is 4.90 Å². The lowest BCUT2D eigenvalue weighted by molar-refractivity contribution is -0.0704. The lowest BCUT2D eigenvalue weighted by Gasteiger charge is -2.35. The molecule has 1 aromatic carbocycles. The topological polar surface area (TPSA) is 61.4 Å². The van der Waals surface area contributed by atoms with Gasteiger partial charge in [0.15, 0.2) is 5.96 Å². The second-order valence-corrected chi connectivity index (χ2v) is 8.54. The third-order valence-corrected chi connectivity index (χ3v) is 5.36. The molecule has 1 heterocycles. The maximum absolute atomic E-state index is 5.83. The van der Waals surface area contributed by atoms with Gasteiger partial charge in [-0.1, -0.05) is 24.3 Å². The third kappa shape index (κ3) is 10.5. The Morgan fingerprint density at radius 1 is 1.13 bits per heavy atom. The molecule has 1 aliphatic rings. The van der Waals surface area contributed by atoms with E-state index in [4.69, 9.17) is 14.5 Å². The van der Waals surface area contributed by atoms with Gasteiger partial charge >= 0.3 is 0 Å². The minimum atomic E-state index is 0.305. The highest BCUT2D eigenvalue weighted by atomic mass is 16.5. The maximum atomic E-state index is 5.83. The second-order valence-electron chi connectivity index (χ2n) is 8.54. The van der Waals surface area contributed by atoms with Gasteiger partial charge in [-0.25, -0.2) is 4.99 Å². The summed E-state index contributed by atoms with van der Waals surface area (Å²) in [5, 5.41) is 6.77. The monoisotopic (exact) mass is 433 g/mol. The molecular weight excluding hydrogens is 390 g/mol. The fraction of sp³-hybridized carbons (Fsp3) is 0.708. The van der Waals surface area contributed by atoms with Crippen molar-refractivity contribution >= 4 is 5.96 Å². The van der Waals surface area contributed by atoms with Crippen molar-refractivity contribution in [3.63, 3.8) is 0 Å². The Bertz CT molecular complexity index is 627. The predicted molar refractivity (Wildman–Crippen MR) is 129 cm³/mol. The number of morpholine rings is 1. The molecule has 2 N–H and O–H groups in total. The average molecular weight is 434 g/mol. The van der Waals surface area contributed by atoms with Crippen LogP contribution in [0.15, 0.2) is 29.3 Å². The van der Waals surface area contributed by atoms with E-state index in [-0.39, 0.29) is 0 Å². The largest absolute Gasteiger partial charge is 0.385 e. The molecule has 0 radical (unpaired) electrons. The number of aliphatic imine (C=N–C) groups is 1. The fourth-order valence-electron chi connectivity index (χ4n) is 3.89. The SMILES string of the molecule is CCNC(=NCc1ccc(CN2CC(C)OC(C)C2)cc1)NCCN(C)CCCOC. The first-order valence-corrected chi connectivity index (χ1v) is 11.7. The zero-order chi connectivity index (χ0) is 22.5. The van der Waals surface area contributed by atoms with Crippen molar-refractivity contribution < 1.29 is 9.47 Å². The number of hydrogen-bond acceptors (Lipinski definition) is 5. The van der Waals surface area contributed by atoms with E-state index in [0.29, 0.717) is 18.8 Å². The molecule has 1 fully saturated rings. The van der Waals surface area contributed by atoms with E-state index in [1.807, 2.05) is 0 Å². The number of methoxy groups -OCH3 is 1. The highest BCUT2D eigenvalue weighted by Crippen LogP contribution is 2.15. The molecular formula is C24H43N5O2. The highest BCUT2D eigenvalue weighted by Gasteiger charge is 2.21. The Kier molecular flexibility index (Phi) is 11.9. The number of nitrogens with zero attached hydrogens (tertiary/aromatic N) is 3. The molecule has 7 heteroatoms. The first kappa shape index (κ1) is 25.6. The van der Waals surface area contributed by atoms with Crippen molar-refractivity contribution in [3.8, 4) is 0 Å². The molecule has 7 nitrogen and oxygen atoms in total. The summed E-state index contributed by atoms with van der Waals surface area (Å²) in [5.41, 5.74) is 2.57. The quantitative estimate of drug-likeness (QED) is 0.300. The molecule has 1 saturated heterocycles. The standard InChI is InChI=1S/C24H43N5O2/c1-6-25-24(26-12-14-28(4)13-7-15-30-5)27-16-22-8-10-23(11-9-22)19-29-17-20(2)31-21(3)18-29/h8-11,20-21H,6-7,12-19H2,1-5H3,(H2,25,26,27). The van der Waals surface area contributed by atoms with Crippen LogP contribution in [0.3, 0.4) is 0 Å². The van der Waals surface area contributed by atoms with Gasteiger partial charge in [0.25, 0.3) is 0 Å². The van der Waals surface area contributed by atoms with Crippen LogP contribution in [-0.4, -0.2) is 88.0 Å². The Hall–Kier alpha value is -1.67. The number of likely N-dealkylation sites (N-methyl/N-ethyl adjacent to an activating group) is 1. The minimum Gasteiger partial charge on any atom is -0.385 e. The van der Waals surface area contributed by atoms with E-state index >= 15 is 0 Å². The lowest BCUT2D eigenvalue weighted by atomic mass is 10.1. The number of nitrogens with one attached hydrogen (secondary N) is 2. The van der Waals surface area contributed by atoms with Crippen LogP contribution in [0.4, 0.5) is 0 Å². The van der Waals surface area contributed by atoms with Crippen LogP contribution < -0.4 is 10.6 Å². The van der Waals surface area contributed by atoms with Gasteiger partial charge < -0.3 is 25.0 Å². The van der Waals surface area contributed by atoms with Crippen LogP contribution in [0.1, 0.15) is 38.3 Å². The predicted octanol–water partition coefficient (Wildman–Crippen LogP) is 2.32. The van der Waals surface area contributed by atoms with Gasteiger partial charge in [0.05, 0.1) is 18.8 Å². The maximum Gasteiger partial charge on any atom is 0.191 e. The Labute approximate surface area is 189 Å². The molecule has 0 aliphatic carbocycles. The number of rotatable bonds is 12. The smallest absolute Gasteiger partial charge is 0.191 e. The van der Waals surface area contributed by atoms with Crippen molar-refractivity contribution in [2.75, 3.05) is 60.0 Å². The van der Waals surface area contributed by atoms with Gasteiger partial charge in [-0.05, 0) is 45.4 Å². The van der Waals surface area contributed by atoms with Crippen molar-refractivity contribution in [1.82, 2.24) is 20.4 Å². The van der Waals surface area contributed by atoms with Crippen LogP contribution in [0, 0.1) is 0 Å². The summed E-state index contributed by atoms with van der Waals surface area (Å²) in [7, 11) is 3.89. The van der Waals surface area contributed by atoms with E-state index < -0.39 is 0 Å². The van der Waals surface area contributed by atoms with Crippen molar-refractivity contribution in [3.05, 3.63) is 35.4 Å². The summed E-state index contributed by atoms with van der Waals surface area (Å²) >= 11 is 0. The molecule has 2 unspecified atom stereocenters. The van der Waals surface area contributed by atoms with E-state index in [9.17, 15) is 0 Å². The van der Waals surface area contributed by atoms with E-state index in [1.165, 1.54) is 11.1 Å². The number of hydrogen-bond donors (Lipinski definition) is 2. The van der Waals surface area contributed by atoms with Crippen LogP contribution in [0.2, 0.25) is 0 Å². The van der Waals surface area contributed by atoms with Crippen LogP contribution in [0.5, 0.6) is 0 Å². The fourth-order valence-corrected chi connectivity index (χ4v) is 3.89. The Morgan fingerprint density at radius 3 is 2.45 bits per heavy atom. The normalized spacial score (nSPS) is 20.3. The number of ether oxygens (including phenoxy) is 2. The zero-order valence-corrected chi connectivity index (χ0v) is 20.2. The second kappa shape index (κ2) is 14.4. The zero-order valence-electron chi connectivity index (χ0n) is 20.2. The Balaban J connectivity index is 1.78. The van der Waals surface area contributed by atoms with Gasteiger partial charge in [0.1, 0.15) is 0 Å². The molecule has 31 heavy (non-hydrogen) atoms. The third-order valence-electron chi connectivity index (χ3n) is 5.36. The van der Waals surface area contributed by atoms with Crippen LogP contribution >= 0.6 is 0 Å². The molecule has 2 rings (SSSR count). The van der Waals surface area contributed by atoms with Crippen LogP contribution in [-0.2, 0) is 22.6 Å². The molecule has 2 atom stereocenters. The summed E-state index contributed by atoms with van der Waals surface area (Å²) in [6.07, 6.45) is 1.67. The summed E-state index contributed by atoms with van der Waals surface area (Å²) in [5.74, 6) is 0.869. The van der Waals surface area contributed by atoms with E-state index in [1.54, 1.807) is 7.11 Å². The summed E-state index contributed by atoms with van der Waals surface area (Å²) in [6, 6.07) is 8.84. The van der Waals surface area contributed by atoms with Gasteiger partial charge in [0.2, 0.25) is 0 Å². The first-order valence-electron chi connectivity index (χ1n) is 11.7. The molecule has 0 bridgehead atoms. The van der Waals surface area contributed by atoms with E-state index in [2.05, 4.69) is 72.5 Å². The van der Waals surface area contributed by atoms with Crippen molar-refractivity contribution in [2.45, 2.75) is 52.5 Å². The highest BCUT2D eigenvalue weighted by molar-refractivity contribution is 5.79. The average Bonchev–Trinajstić information content (AvgIpc) is 2.72. The molecule has 1 aliphatic heterocycles. The molecule has 0 saturated carbocycles. The van der Waals surface area contributed by atoms with Gasteiger partial charge in [0, 0.05) is 59.5 Å². The molecule has 1 aromatic rings. The van der Waals surface area contributed by atoms with Gasteiger partial charge in [-0.15, -0.1) is 0 Å². The minimum absolute atomic E-state index is 0.305. The molecule has 0 aromatic heterocycles. The first-order chi connectivity index (χ1) is 15.0. The van der Waals surface area contributed by atoms with Crippen molar-refractivity contribution in [2.24, 2.45) is 4.99 Å². The Morgan fingerprint density at radius 2 is 1.81 bits per heavy atom. The lowest BCUT2D eigenvalue weighted by Crippen LogP contribution is -2.44. The van der Waals surface area contributed by atoms with Crippen LogP contribution in [0.25, 0.3) is 0 Å². The summed E-state index contributed by atoms with van der Waals surface area (Å²) in [4.78, 5) is 9.54. The molecule has 176 valence electrons. The summed E-state index contributed by atoms with van der Waals surface area (Å²) in [6.45, 7) is 14.6. The van der Waals surface area contributed by atoms with E-state index in [0.717, 1.165) is 64.8 Å². The number of benzene rings is 1. The van der Waals surface area contributed by atoms with Crippen molar-refractivity contribution in [1.29, 1.82) is 0 Å². The molecule has 0 amide bonds. The molecule has 0 spiro atoms. The summed E-state index contributed by atoms with van der Waals surface area (Å²) < 4.78 is 11.0. The van der Waals surface area contributed by atoms with Gasteiger partial charge in [-0.2, -0.15) is 0 Å².